The fraction of sp³-hybridized carbons (Fsp3) is 0.143. The molecule has 146 valence electrons. The lowest BCUT2D eigenvalue weighted by Crippen LogP contribution is -2.31. The minimum absolute atomic E-state index is 0.199. The van der Waals surface area contributed by atoms with E-state index < -0.39 is 0 Å². The normalized spacial score (nSPS) is 12.0. The maximum atomic E-state index is 12.4. The second-order valence-electron chi connectivity index (χ2n) is 6.72. The van der Waals surface area contributed by atoms with Gasteiger partial charge >= 0.3 is 6.03 Å². The van der Waals surface area contributed by atoms with Gasteiger partial charge < -0.3 is 5.32 Å². The molecule has 0 bridgehead atoms. The number of rotatable bonds is 4. The van der Waals surface area contributed by atoms with Gasteiger partial charge in [0.1, 0.15) is 5.82 Å². The summed E-state index contributed by atoms with van der Waals surface area (Å²) in [5, 5.41) is 11.6. The van der Waals surface area contributed by atoms with Crippen LogP contribution in [0, 0.1) is 6.92 Å². The van der Waals surface area contributed by atoms with Crippen LogP contribution in [-0.2, 0) is 0 Å². The molecule has 7 nitrogen and oxygen atoms in total. The van der Waals surface area contributed by atoms with Crippen molar-refractivity contribution in [3.05, 3.63) is 77.3 Å². The van der Waals surface area contributed by atoms with Gasteiger partial charge in [-0.3, -0.25) is 10.3 Å². The van der Waals surface area contributed by atoms with Gasteiger partial charge in [0.05, 0.1) is 29.6 Å². The third-order valence-corrected chi connectivity index (χ3v) is 4.75. The quantitative estimate of drug-likeness (QED) is 0.516. The van der Waals surface area contributed by atoms with Crippen molar-refractivity contribution in [3.63, 3.8) is 0 Å². The molecule has 0 saturated heterocycles. The predicted octanol–water partition coefficient (Wildman–Crippen LogP) is 4.66. The molecule has 4 aromatic rings. The number of carbonyl (C=O) groups is 1. The molecule has 1 aromatic carbocycles. The van der Waals surface area contributed by atoms with E-state index in [1.807, 2.05) is 44.2 Å². The number of benzene rings is 1. The number of fused-ring (bicyclic) bond motifs is 1. The molecule has 0 spiro atoms. The maximum absolute atomic E-state index is 12.4. The zero-order chi connectivity index (χ0) is 20.4. The zero-order valence-corrected chi connectivity index (χ0v) is 16.7. The van der Waals surface area contributed by atoms with Gasteiger partial charge in [-0.2, -0.15) is 5.10 Å². The number of urea groups is 1. The number of nitrogens with one attached hydrogen (secondary N) is 2. The summed E-state index contributed by atoms with van der Waals surface area (Å²) in [5.74, 6) is 0.443. The van der Waals surface area contributed by atoms with Gasteiger partial charge in [-0.25, -0.2) is 14.5 Å². The van der Waals surface area contributed by atoms with Crippen molar-refractivity contribution >= 4 is 34.4 Å². The summed E-state index contributed by atoms with van der Waals surface area (Å²) < 4.78 is 1.79. The number of amides is 2. The van der Waals surface area contributed by atoms with Gasteiger partial charge in [0.25, 0.3) is 0 Å². The Morgan fingerprint density at radius 1 is 1.14 bits per heavy atom. The Morgan fingerprint density at radius 2 is 2.00 bits per heavy atom. The number of aryl methyl sites for hydroxylation is 1. The first-order valence-corrected chi connectivity index (χ1v) is 9.47. The lowest BCUT2D eigenvalue weighted by molar-refractivity contribution is 0.249. The molecule has 0 aliphatic heterocycles. The number of hydrogen-bond acceptors (Lipinski definition) is 4. The summed E-state index contributed by atoms with van der Waals surface area (Å²) in [6.07, 6.45) is 5.17. The van der Waals surface area contributed by atoms with Crippen LogP contribution in [0.1, 0.15) is 24.2 Å². The van der Waals surface area contributed by atoms with E-state index in [9.17, 15) is 4.79 Å². The van der Waals surface area contributed by atoms with E-state index in [1.165, 1.54) is 0 Å². The van der Waals surface area contributed by atoms with Crippen molar-refractivity contribution in [2.45, 2.75) is 19.9 Å². The maximum Gasteiger partial charge on any atom is 0.320 e. The van der Waals surface area contributed by atoms with Crippen molar-refractivity contribution in [3.8, 4) is 5.69 Å². The molecule has 3 heterocycles. The molecule has 8 heteroatoms. The number of anilines is 1. The first kappa shape index (κ1) is 18.9. The number of hydrogen-bond donors (Lipinski definition) is 2. The van der Waals surface area contributed by atoms with E-state index in [-0.39, 0.29) is 12.1 Å². The molecule has 29 heavy (non-hydrogen) atoms. The molecule has 0 fully saturated rings. The Balaban J connectivity index is 1.49. The minimum Gasteiger partial charge on any atom is -0.331 e. The molecule has 3 aromatic heterocycles. The van der Waals surface area contributed by atoms with Gasteiger partial charge in [0.15, 0.2) is 0 Å². The van der Waals surface area contributed by atoms with Gasteiger partial charge in [-0.15, -0.1) is 0 Å². The van der Waals surface area contributed by atoms with E-state index in [1.54, 1.807) is 35.4 Å². The van der Waals surface area contributed by atoms with E-state index in [2.05, 4.69) is 25.7 Å². The molecule has 0 unspecified atom stereocenters. The first-order chi connectivity index (χ1) is 14.0. The summed E-state index contributed by atoms with van der Waals surface area (Å²) in [6.45, 7) is 3.82. The molecule has 4 rings (SSSR count). The zero-order valence-electron chi connectivity index (χ0n) is 15.9. The van der Waals surface area contributed by atoms with Crippen LogP contribution < -0.4 is 10.6 Å². The predicted molar refractivity (Wildman–Crippen MR) is 113 cm³/mol. The molecule has 2 N–H and O–H groups in total. The number of carbonyl (C=O) groups excluding carboxylic acids is 1. The first-order valence-electron chi connectivity index (χ1n) is 9.09. The van der Waals surface area contributed by atoms with Crippen LogP contribution in [0.5, 0.6) is 0 Å². The van der Waals surface area contributed by atoms with Crippen LogP contribution in [0.15, 0.2) is 61.1 Å². The van der Waals surface area contributed by atoms with E-state index in [0.29, 0.717) is 10.8 Å². The smallest absolute Gasteiger partial charge is 0.320 e. The monoisotopic (exact) mass is 406 g/mol. The Labute approximate surface area is 172 Å². The summed E-state index contributed by atoms with van der Waals surface area (Å²) in [7, 11) is 0. The third-order valence-electron chi connectivity index (χ3n) is 4.52. The van der Waals surface area contributed by atoms with Gasteiger partial charge in [-0.1, -0.05) is 23.7 Å². The summed E-state index contributed by atoms with van der Waals surface area (Å²) in [5.41, 5.74) is 3.57. The average molecular weight is 407 g/mol. The molecular formula is C21H19ClN6O. The molecule has 0 radical (unpaired) electrons. The fourth-order valence-corrected chi connectivity index (χ4v) is 3.27. The highest BCUT2D eigenvalue weighted by atomic mass is 35.5. The second-order valence-corrected chi connectivity index (χ2v) is 7.15. The van der Waals surface area contributed by atoms with E-state index in [4.69, 9.17) is 11.6 Å². The van der Waals surface area contributed by atoms with Crippen LogP contribution in [-0.4, -0.2) is 25.8 Å². The van der Waals surface area contributed by atoms with E-state index >= 15 is 0 Å². The minimum atomic E-state index is -0.346. The Morgan fingerprint density at radius 3 is 2.79 bits per heavy atom. The summed E-state index contributed by atoms with van der Waals surface area (Å²) in [6, 6.07) is 12.5. The Hall–Kier alpha value is -3.45. The van der Waals surface area contributed by atoms with Crippen molar-refractivity contribution in [2.24, 2.45) is 0 Å². The van der Waals surface area contributed by atoms with Gasteiger partial charge in [0.2, 0.25) is 0 Å². The van der Waals surface area contributed by atoms with E-state index in [0.717, 1.165) is 27.8 Å². The third kappa shape index (κ3) is 4.20. The highest BCUT2D eigenvalue weighted by Crippen LogP contribution is 2.21. The summed E-state index contributed by atoms with van der Waals surface area (Å²) >= 11 is 6.02. The molecular weight excluding hydrogens is 388 g/mol. The molecule has 0 saturated carbocycles. The molecule has 1 atom stereocenters. The van der Waals surface area contributed by atoms with Crippen molar-refractivity contribution < 1.29 is 4.79 Å². The van der Waals surface area contributed by atoms with Gasteiger partial charge in [-0.05, 0) is 49.7 Å². The lowest BCUT2D eigenvalue weighted by Gasteiger charge is -2.15. The molecule has 0 aliphatic carbocycles. The second kappa shape index (κ2) is 7.89. The molecule has 2 amide bonds. The average Bonchev–Trinajstić information content (AvgIpc) is 3.11. The standard InChI is InChI=1S/C21H19ClN6O/c1-13-8-18(6-7-23-13)28-19-12-24-20(10-16(19)11-25-28)27-21(29)26-14(2)15-4-3-5-17(22)9-15/h3-12,14H,1-2H3,(H2,24,26,27,29)/t14-/m1/s1. The van der Waals surface area contributed by atoms with Crippen LogP contribution in [0.2, 0.25) is 5.02 Å². The van der Waals surface area contributed by atoms with Crippen molar-refractivity contribution in [1.29, 1.82) is 0 Å². The Kier molecular flexibility index (Phi) is 5.14. The molecule has 0 aliphatic rings. The number of pyridine rings is 2. The van der Waals surface area contributed by atoms with Crippen LogP contribution >= 0.6 is 11.6 Å². The fourth-order valence-electron chi connectivity index (χ4n) is 3.07. The van der Waals surface area contributed by atoms with Crippen LogP contribution in [0.4, 0.5) is 10.6 Å². The Bertz CT molecular complexity index is 1190. The SMILES string of the molecule is Cc1cc(-n2ncc3cc(NC(=O)N[C@H](C)c4cccc(Cl)c4)ncc32)ccn1. The number of nitrogens with zero attached hydrogens (tertiary/aromatic N) is 4. The highest BCUT2D eigenvalue weighted by molar-refractivity contribution is 6.30. The van der Waals surface area contributed by atoms with Crippen LogP contribution in [0.3, 0.4) is 0 Å². The van der Waals surface area contributed by atoms with Gasteiger partial charge in [0, 0.05) is 22.3 Å². The number of halogens is 1. The number of aromatic nitrogens is 4. The topological polar surface area (TPSA) is 84.7 Å². The van der Waals surface area contributed by atoms with Crippen LogP contribution in [0.25, 0.3) is 16.6 Å². The van der Waals surface area contributed by atoms with Crippen molar-refractivity contribution in [1.82, 2.24) is 25.1 Å². The largest absolute Gasteiger partial charge is 0.331 e. The highest BCUT2D eigenvalue weighted by Gasteiger charge is 2.12. The lowest BCUT2D eigenvalue weighted by atomic mass is 10.1. The summed E-state index contributed by atoms with van der Waals surface area (Å²) in [4.78, 5) is 20.9. The van der Waals surface area contributed by atoms with Crippen molar-refractivity contribution in [2.75, 3.05) is 5.32 Å².